The summed E-state index contributed by atoms with van der Waals surface area (Å²) in [6, 6.07) is 4.78. The predicted molar refractivity (Wildman–Crippen MR) is 98.5 cm³/mol. The first-order chi connectivity index (χ1) is 13.2. The molecule has 2 unspecified atom stereocenters. The van der Waals surface area contributed by atoms with Gasteiger partial charge >= 0.3 is 0 Å². The molecule has 9 nitrogen and oxygen atoms in total. The summed E-state index contributed by atoms with van der Waals surface area (Å²) in [6.45, 7) is 2.52. The van der Waals surface area contributed by atoms with Gasteiger partial charge in [0.15, 0.2) is 5.79 Å². The Kier molecular flexibility index (Phi) is 5.85. The SMILES string of the molecule is COc1ccc(CN2C(=O)C(C3(C)OCCO3)C2COS(C)(=O)=O)c(OC)c1. The molecule has 0 bridgehead atoms. The molecule has 2 atom stereocenters. The van der Waals surface area contributed by atoms with Crippen LogP contribution in [0.4, 0.5) is 0 Å². The van der Waals surface area contributed by atoms with Crippen molar-refractivity contribution in [1.82, 2.24) is 4.90 Å². The molecule has 1 aromatic rings. The van der Waals surface area contributed by atoms with Crippen molar-refractivity contribution in [2.24, 2.45) is 5.92 Å². The molecule has 0 spiro atoms. The summed E-state index contributed by atoms with van der Waals surface area (Å²) in [5.74, 6) is -0.739. The van der Waals surface area contributed by atoms with Crippen LogP contribution < -0.4 is 9.47 Å². The number of methoxy groups -OCH3 is 2. The number of hydrogen-bond donors (Lipinski definition) is 0. The van der Waals surface area contributed by atoms with E-state index in [1.165, 1.54) is 7.11 Å². The number of amides is 1. The topological polar surface area (TPSA) is 101 Å². The molecule has 2 aliphatic heterocycles. The quantitative estimate of drug-likeness (QED) is 0.453. The van der Waals surface area contributed by atoms with E-state index in [2.05, 4.69) is 0 Å². The van der Waals surface area contributed by atoms with E-state index in [1.807, 2.05) is 0 Å². The van der Waals surface area contributed by atoms with Crippen LogP contribution >= 0.6 is 0 Å². The van der Waals surface area contributed by atoms with Gasteiger partial charge in [0.1, 0.15) is 17.4 Å². The van der Waals surface area contributed by atoms with Crippen LogP contribution in [0.25, 0.3) is 0 Å². The molecule has 2 saturated heterocycles. The second kappa shape index (κ2) is 7.86. The third-order valence-electron chi connectivity index (χ3n) is 5.05. The maximum Gasteiger partial charge on any atom is 0.264 e. The van der Waals surface area contributed by atoms with Crippen molar-refractivity contribution in [3.05, 3.63) is 23.8 Å². The molecule has 0 aliphatic carbocycles. The second-order valence-corrected chi connectivity index (χ2v) is 8.53. The average molecular weight is 415 g/mol. The van der Waals surface area contributed by atoms with E-state index in [1.54, 1.807) is 37.1 Å². The predicted octanol–water partition coefficient (Wildman–Crippen LogP) is 0.770. The van der Waals surface area contributed by atoms with Gasteiger partial charge in [0.25, 0.3) is 10.1 Å². The van der Waals surface area contributed by atoms with Crippen molar-refractivity contribution >= 4 is 16.0 Å². The van der Waals surface area contributed by atoms with Gasteiger partial charge in [-0.25, -0.2) is 0 Å². The molecular weight excluding hydrogens is 390 g/mol. The van der Waals surface area contributed by atoms with Crippen molar-refractivity contribution in [2.45, 2.75) is 25.3 Å². The monoisotopic (exact) mass is 415 g/mol. The Labute approximate surface area is 164 Å². The molecule has 2 heterocycles. The number of hydrogen-bond acceptors (Lipinski definition) is 8. The Morgan fingerprint density at radius 2 is 1.89 bits per heavy atom. The zero-order chi connectivity index (χ0) is 20.5. The summed E-state index contributed by atoms with van der Waals surface area (Å²) >= 11 is 0. The standard InChI is InChI=1S/C18H25NO8S/c1-18(25-7-8-26-18)16-14(11-27-28(4,21)22)19(17(16)20)10-12-5-6-13(23-2)9-15(12)24-3/h5-6,9,14,16H,7-8,10-11H2,1-4H3. The first-order valence-corrected chi connectivity index (χ1v) is 10.6. The molecule has 156 valence electrons. The molecule has 10 heteroatoms. The van der Waals surface area contributed by atoms with Gasteiger partial charge in [-0.3, -0.25) is 8.98 Å². The zero-order valence-corrected chi connectivity index (χ0v) is 17.2. The van der Waals surface area contributed by atoms with Gasteiger partial charge in [0.2, 0.25) is 5.91 Å². The number of nitrogens with zero attached hydrogens (tertiary/aromatic N) is 1. The van der Waals surface area contributed by atoms with E-state index in [-0.39, 0.29) is 19.1 Å². The van der Waals surface area contributed by atoms with Crippen LogP contribution in [0.15, 0.2) is 18.2 Å². The summed E-state index contributed by atoms with van der Waals surface area (Å²) in [7, 11) is -0.572. The number of carbonyl (C=O) groups is 1. The van der Waals surface area contributed by atoms with Crippen LogP contribution in [0.3, 0.4) is 0 Å². The lowest BCUT2D eigenvalue weighted by Gasteiger charge is -2.51. The van der Waals surface area contributed by atoms with Gasteiger partial charge in [-0.15, -0.1) is 0 Å². The van der Waals surface area contributed by atoms with Crippen LogP contribution in [0, 0.1) is 5.92 Å². The number of likely N-dealkylation sites (tertiary alicyclic amines) is 1. The fraction of sp³-hybridized carbons (Fsp3) is 0.611. The van der Waals surface area contributed by atoms with Crippen LogP contribution in [0.5, 0.6) is 11.5 Å². The molecule has 2 fully saturated rings. The molecule has 0 saturated carbocycles. The fourth-order valence-electron chi connectivity index (χ4n) is 3.63. The third-order valence-corrected chi connectivity index (χ3v) is 5.61. The summed E-state index contributed by atoms with van der Waals surface area (Å²) in [4.78, 5) is 14.5. The Bertz CT molecular complexity index is 834. The van der Waals surface area contributed by atoms with Gasteiger partial charge < -0.3 is 23.8 Å². The Morgan fingerprint density at radius 3 is 2.46 bits per heavy atom. The largest absolute Gasteiger partial charge is 0.497 e. The lowest BCUT2D eigenvalue weighted by atomic mass is 9.81. The van der Waals surface area contributed by atoms with Gasteiger partial charge in [-0.1, -0.05) is 0 Å². The number of rotatable bonds is 8. The highest BCUT2D eigenvalue weighted by Gasteiger charge is 2.59. The van der Waals surface area contributed by atoms with Crippen LogP contribution in [0.1, 0.15) is 12.5 Å². The van der Waals surface area contributed by atoms with Gasteiger partial charge in [0.05, 0.1) is 46.3 Å². The Hall–Kier alpha value is -1.88. The summed E-state index contributed by atoms with van der Waals surface area (Å²) in [5.41, 5.74) is 0.762. The normalized spacial score (nSPS) is 24.1. The maximum atomic E-state index is 12.9. The van der Waals surface area contributed by atoms with E-state index in [0.29, 0.717) is 24.7 Å². The van der Waals surface area contributed by atoms with Crippen molar-refractivity contribution in [2.75, 3.05) is 40.3 Å². The minimum Gasteiger partial charge on any atom is -0.497 e. The van der Waals surface area contributed by atoms with Gasteiger partial charge in [-0.2, -0.15) is 8.42 Å². The maximum absolute atomic E-state index is 12.9. The number of β-lactam (4-membered cyclic amide) rings is 1. The van der Waals surface area contributed by atoms with E-state index in [9.17, 15) is 13.2 Å². The van der Waals surface area contributed by atoms with Crippen molar-refractivity contribution in [3.8, 4) is 11.5 Å². The smallest absolute Gasteiger partial charge is 0.264 e. The van der Waals surface area contributed by atoms with E-state index in [4.69, 9.17) is 23.1 Å². The third kappa shape index (κ3) is 4.09. The van der Waals surface area contributed by atoms with E-state index >= 15 is 0 Å². The first kappa shape index (κ1) is 20.8. The highest BCUT2D eigenvalue weighted by Crippen LogP contribution is 2.42. The number of benzene rings is 1. The average Bonchev–Trinajstić information content (AvgIpc) is 3.08. The minimum atomic E-state index is -3.66. The van der Waals surface area contributed by atoms with Crippen LogP contribution in [-0.4, -0.2) is 71.3 Å². The van der Waals surface area contributed by atoms with Crippen LogP contribution in [0.2, 0.25) is 0 Å². The van der Waals surface area contributed by atoms with Crippen molar-refractivity contribution in [1.29, 1.82) is 0 Å². The lowest BCUT2D eigenvalue weighted by Crippen LogP contribution is -2.69. The molecule has 0 radical (unpaired) electrons. The van der Waals surface area contributed by atoms with E-state index < -0.39 is 27.9 Å². The molecule has 28 heavy (non-hydrogen) atoms. The molecular formula is C18H25NO8S. The number of carbonyl (C=O) groups excluding carboxylic acids is 1. The Balaban J connectivity index is 1.83. The second-order valence-electron chi connectivity index (χ2n) is 6.89. The number of ether oxygens (including phenoxy) is 4. The molecule has 0 N–H and O–H groups in total. The molecule has 2 aliphatic rings. The van der Waals surface area contributed by atoms with Crippen LogP contribution in [-0.2, 0) is 35.1 Å². The van der Waals surface area contributed by atoms with Gasteiger partial charge in [0, 0.05) is 18.2 Å². The first-order valence-electron chi connectivity index (χ1n) is 8.82. The van der Waals surface area contributed by atoms with Crippen molar-refractivity contribution < 1.29 is 36.3 Å². The molecule has 1 amide bonds. The summed E-state index contributed by atoms with van der Waals surface area (Å²) in [6.07, 6.45) is 0.976. The zero-order valence-electron chi connectivity index (χ0n) is 16.3. The minimum absolute atomic E-state index is 0.171. The molecule has 3 rings (SSSR count). The summed E-state index contributed by atoms with van der Waals surface area (Å²) in [5, 5.41) is 0. The van der Waals surface area contributed by atoms with E-state index in [0.717, 1.165) is 11.8 Å². The highest BCUT2D eigenvalue weighted by molar-refractivity contribution is 7.85. The van der Waals surface area contributed by atoms with Gasteiger partial charge in [-0.05, 0) is 19.1 Å². The molecule has 0 aromatic heterocycles. The Morgan fingerprint density at radius 1 is 1.21 bits per heavy atom. The summed E-state index contributed by atoms with van der Waals surface area (Å²) < 4.78 is 49.8. The highest BCUT2D eigenvalue weighted by atomic mass is 32.2. The fourth-order valence-corrected chi connectivity index (χ4v) is 4.02. The lowest BCUT2D eigenvalue weighted by molar-refractivity contribution is -0.231. The van der Waals surface area contributed by atoms with Crippen molar-refractivity contribution in [3.63, 3.8) is 0 Å². The molecule has 1 aromatic carbocycles.